The Labute approximate surface area is 224 Å². The summed E-state index contributed by atoms with van der Waals surface area (Å²) in [5.74, 6) is 1.34. The molecule has 0 radical (unpaired) electrons. The predicted molar refractivity (Wildman–Crippen MR) is 137 cm³/mol. The smallest absolute Gasteiger partial charge is 0.220 e. The molecule has 0 unspecified atom stereocenters. The molecule has 9 atom stereocenters. The quantitative estimate of drug-likeness (QED) is 0.159. The molecule has 38 heavy (non-hydrogen) atoms. The summed E-state index contributed by atoms with van der Waals surface area (Å²) < 4.78 is 23.9. The summed E-state index contributed by atoms with van der Waals surface area (Å²) in [7, 11) is 0. The van der Waals surface area contributed by atoms with Crippen molar-refractivity contribution in [3.8, 4) is 0 Å². The molecule has 4 rings (SSSR count). The van der Waals surface area contributed by atoms with Crippen molar-refractivity contribution in [1.82, 2.24) is 10.6 Å². The summed E-state index contributed by atoms with van der Waals surface area (Å²) in [5.41, 5.74) is 10.8. The van der Waals surface area contributed by atoms with Gasteiger partial charge in [-0.1, -0.05) is 0 Å². The van der Waals surface area contributed by atoms with E-state index in [1.54, 1.807) is 6.92 Å². The number of ether oxygens (including phenoxy) is 4. The van der Waals surface area contributed by atoms with E-state index in [0.29, 0.717) is 25.9 Å². The van der Waals surface area contributed by atoms with E-state index in [9.17, 15) is 20.1 Å². The molecule has 0 aromatic heterocycles. The van der Waals surface area contributed by atoms with Crippen molar-refractivity contribution in [3.63, 3.8) is 0 Å². The topological polar surface area (TPSA) is 191 Å². The maximum Gasteiger partial charge on any atom is 0.220 e. The van der Waals surface area contributed by atoms with E-state index in [1.165, 1.54) is 12.8 Å². The number of hydrogen-bond acceptors (Lipinski definition) is 11. The van der Waals surface area contributed by atoms with Crippen LogP contribution in [0.15, 0.2) is 11.8 Å². The van der Waals surface area contributed by atoms with Crippen LogP contribution >= 0.6 is 0 Å². The van der Waals surface area contributed by atoms with Crippen LogP contribution in [0, 0.1) is 5.92 Å². The summed E-state index contributed by atoms with van der Waals surface area (Å²) in [6, 6.07) is -1.24. The van der Waals surface area contributed by atoms with E-state index in [1.807, 2.05) is 6.08 Å². The van der Waals surface area contributed by atoms with Crippen molar-refractivity contribution < 1.29 is 39.1 Å². The molecule has 0 aromatic carbocycles. The van der Waals surface area contributed by atoms with Gasteiger partial charge in [0.25, 0.3) is 0 Å². The zero-order valence-electron chi connectivity index (χ0n) is 22.3. The molecular weight excluding hydrogens is 496 g/mol. The Morgan fingerprint density at radius 1 is 1.24 bits per heavy atom. The molecule has 2 saturated carbocycles. The first-order valence-corrected chi connectivity index (χ1v) is 14.0. The minimum absolute atomic E-state index is 0.0374. The Kier molecular flexibility index (Phi) is 10.4. The van der Waals surface area contributed by atoms with Crippen LogP contribution in [0.5, 0.6) is 0 Å². The fraction of sp³-hybridized carbons (Fsp3) is 0.885. The van der Waals surface area contributed by atoms with Crippen molar-refractivity contribution in [2.45, 2.75) is 113 Å². The number of rotatable bonds is 12. The molecule has 0 spiro atoms. The van der Waals surface area contributed by atoms with Crippen LogP contribution in [0.4, 0.5) is 0 Å². The minimum Gasteiger partial charge on any atom is -0.468 e. The fourth-order valence-corrected chi connectivity index (χ4v) is 5.31. The van der Waals surface area contributed by atoms with E-state index in [0.717, 1.165) is 24.6 Å². The Morgan fingerprint density at radius 2 is 2.03 bits per heavy atom. The minimum atomic E-state index is -1.23. The van der Waals surface area contributed by atoms with Gasteiger partial charge in [-0.3, -0.25) is 4.79 Å². The molecule has 2 aliphatic heterocycles. The second-order valence-corrected chi connectivity index (χ2v) is 11.5. The lowest BCUT2D eigenvalue weighted by Gasteiger charge is -2.47. The third-order valence-electron chi connectivity index (χ3n) is 7.58. The third-order valence-corrected chi connectivity index (χ3v) is 7.58. The maximum atomic E-state index is 12.5. The van der Waals surface area contributed by atoms with Gasteiger partial charge in [0.1, 0.15) is 30.2 Å². The van der Waals surface area contributed by atoms with Crippen LogP contribution in [0.25, 0.3) is 0 Å². The van der Waals surface area contributed by atoms with E-state index >= 15 is 0 Å². The number of nitrogens with two attached hydrogens (primary N) is 2. The largest absolute Gasteiger partial charge is 0.468 e. The van der Waals surface area contributed by atoms with Crippen LogP contribution in [0.3, 0.4) is 0 Å². The number of aliphatic hydroxyl groups excluding tert-OH is 2. The van der Waals surface area contributed by atoms with Gasteiger partial charge in [0.05, 0.1) is 24.8 Å². The summed E-state index contributed by atoms with van der Waals surface area (Å²) in [5, 5.41) is 38.5. The molecule has 2 heterocycles. The average molecular weight is 543 g/mol. The van der Waals surface area contributed by atoms with Crippen LogP contribution in [-0.2, 0) is 23.7 Å². The van der Waals surface area contributed by atoms with Gasteiger partial charge < -0.3 is 56.4 Å². The standard InChI is InChI=1S/C26H46N4O8/c1-26(34)11-19(31)25(35-14-26)38-24-18(30-20(32)5-3-9-27)10-17(28)23(22(24)33)37-21-6-2-4-16(36-21)13-29-12-15-7-8-15/h4,15,17-19,21-25,29,31,33-34H,2-3,5-14,27-28H2,1H3,(H,30,32)/t17-,18+,19+,21+,22-,23+,24-,25+,26+/m0/s1. The molecular formula is C26H46N4O8. The van der Waals surface area contributed by atoms with Crippen LogP contribution in [0.2, 0.25) is 0 Å². The van der Waals surface area contributed by atoms with E-state index in [2.05, 4.69) is 10.6 Å². The molecule has 218 valence electrons. The van der Waals surface area contributed by atoms with E-state index < -0.39 is 54.7 Å². The zero-order chi connectivity index (χ0) is 27.3. The Balaban J connectivity index is 1.40. The van der Waals surface area contributed by atoms with Crippen molar-refractivity contribution in [2.75, 3.05) is 26.2 Å². The van der Waals surface area contributed by atoms with Crippen molar-refractivity contribution in [1.29, 1.82) is 0 Å². The van der Waals surface area contributed by atoms with Crippen molar-refractivity contribution in [3.05, 3.63) is 11.8 Å². The van der Waals surface area contributed by atoms with Crippen molar-refractivity contribution in [2.24, 2.45) is 17.4 Å². The van der Waals surface area contributed by atoms with E-state index in [4.69, 9.17) is 30.4 Å². The lowest BCUT2D eigenvalue weighted by Crippen LogP contribution is -2.66. The lowest BCUT2D eigenvalue weighted by atomic mass is 9.83. The maximum absolute atomic E-state index is 12.5. The highest BCUT2D eigenvalue weighted by Crippen LogP contribution is 2.32. The molecule has 9 N–H and O–H groups in total. The summed E-state index contributed by atoms with van der Waals surface area (Å²) in [6.45, 7) is 3.51. The highest BCUT2D eigenvalue weighted by molar-refractivity contribution is 5.76. The number of hydrogen-bond donors (Lipinski definition) is 7. The Hall–Kier alpha value is -1.35. The van der Waals surface area contributed by atoms with Gasteiger partial charge in [-0.2, -0.15) is 0 Å². The fourth-order valence-electron chi connectivity index (χ4n) is 5.31. The van der Waals surface area contributed by atoms with Gasteiger partial charge in [0.15, 0.2) is 12.6 Å². The van der Waals surface area contributed by atoms with Crippen LogP contribution in [0.1, 0.15) is 58.3 Å². The molecule has 4 aliphatic rings. The second-order valence-electron chi connectivity index (χ2n) is 11.5. The molecule has 0 aromatic rings. The van der Waals surface area contributed by atoms with Crippen LogP contribution < -0.4 is 22.1 Å². The summed E-state index contributed by atoms with van der Waals surface area (Å²) in [4.78, 5) is 12.5. The van der Waals surface area contributed by atoms with Gasteiger partial charge in [0, 0.05) is 25.3 Å². The molecule has 12 heteroatoms. The SMILES string of the molecule is C[C@]1(O)CO[C@H](O[C@@H]2[C@@H](O)[C@H](O[C@@H]3CCC=C(CNCC4CC4)O3)[C@@H](N)C[C@H]2NC(=O)CCCN)[C@H](O)C1. The van der Waals surface area contributed by atoms with Gasteiger partial charge in [0.2, 0.25) is 5.91 Å². The summed E-state index contributed by atoms with van der Waals surface area (Å²) in [6.07, 6.45) is 1.26. The number of amides is 1. The number of allylic oxidation sites excluding steroid dienone is 1. The van der Waals surface area contributed by atoms with Gasteiger partial charge >= 0.3 is 0 Å². The monoisotopic (exact) mass is 542 g/mol. The first-order chi connectivity index (χ1) is 18.1. The average Bonchev–Trinajstić information content (AvgIpc) is 3.68. The number of carbonyl (C=O) groups excluding carboxylic acids is 1. The number of aliphatic hydroxyl groups is 3. The highest BCUT2D eigenvalue weighted by atomic mass is 16.7. The normalized spacial score (nSPS) is 39.8. The van der Waals surface area contributed by atoms with Gasteiger partial charge in [-0.25, -0.2) is 0 Å². The number of carbonyl (C=O) groups is 1. The molecule has 0 bridgehead atoms. The highest BCUT2D eigenvalue weighted by Gasteiger charge is 2.49. The Morgan fingerprint density at radius 3 is 2.74 bits per heavy atom. The lowest BCUT2D eigenvalue weighted by molar-refractivity contribution is -0.297. The zero-order valence-corrected chi connectivity index (χ0v) is 22.3. The molecule has 2 aliphatic carbocycles. The van der Waals surface area contributed by atoms with Gasteiger partial charge in [-0.05, 0) is 64.1 Å². The Bertz CT molecular complexity index is 810. The summed E-state index contributed by atoms with van der Waals surface area (Å²) >= 11 is 0. The first-order valence-electron chi connectivity index (χ1n) is 14.0. The molecule has 1 amide bonds. The first kappa shape index (κ1) is 29.6. The third kappa shape index (κ3) is 8.33. The molecule has 12 nitrogen and oxygen atoms in total. The van der Waals surface area contributed by atoms with Crippen molar-refractivity contribution >= 4 is 5.91 Å². The number of nitrogens with one attached hydrogen (secondary N) is 2. The van der Waals surface area contributed by atoms with Gasteiger partial charge in [-0.15, -0.1) is 0 Å². The van der Waals surface area contributed by atoms with Crippen LogP contribution in [-0.4, -0.2) is 102 Å². The molecule has 1 saturated heterocycles. The predicted octanol–water partition coefficient (Wildman–Crippen LogP) is -1.05. The molecule has 3 fully saturated rings. The second kappa shape index (κ2) is 13.3. The van der Waals surface area contributed by atoms with E-state index in [-0.39, 0.29) is 31.8 Å².